The topological polar surface area (TPSA) is 68.5 Å². The number of halogens is 1. The average molecular weight is 397 g/mol. The van der Waals surface area contributed by atoms with Crippen molar-refractivity contribution in [2.75, 3.05) is 13.7 Å². The third-order valence-corrected chi connectivity index (χ3v) is 4.82. The van der Waals surface area contributed by atoms with Gasteiger partial charge in [-0.15, -0.1) is 0 Å². The minimum Gasteiger partial charge on any atom is -0.497 e. The number of carbonyl (C=O) groups is 1. The molecule has 1 heterocycles. The zero-order chi connectivity index (χ0) is 20.8. The third-order valence-electron chi connectivity index (χ3n) is 4.82. The van der Waals surface area contributed by atoms with Crippen molar-refractivity contribution in [1.82, 2.24) is 15.0 Å². The highest BCUT2D eigenvalue weighted by atomic mass is 19.1. The molecule has 1 atom stereocenters. The van der Waals surface area contributed by atoms with E-state index in [9.17, 15) is 9.18 Å². The lowest BCUT2D eigenvalue weighted by molar-refractivity contribution is 0.0686. The molecule has 1 unspecified atom stereocenters. The van der Waals surface area contributed by atoms with E-state index in [2.05, 4.69) is 10.1 Å². The number of aromatic nitrogens is 2. The fourth-order valence-electron chi connectivity index (χ4n) is 2.98. The van der Waals surface area contributed by atoms with Gasteiger partial charge in [-0.1, -0.05) is 30.3 Å². The minimum atomic E-state index is -0.431. The molecule has 3 aromatic rings. The number of methoxy groups -OCH3 is 1. The molecular weight excluding hydrogens is 373 g/mol. The molecule has 0 saturated heterocycles. The Hall–Kier alpha value is -3.22. The molecule has 1 amide bonds. The van der Waals surface area contributed by atoms with Crippen molar-refractivity contribution in [3.8, 4) is 17.1 Å². The van der Waals surface area contributed by atoms with Crippen molar-refractivity contribution in [3.05, 3.63) is 65.8 Å². The number of benzene rings is 2. The zero-order valence-corrected chi connectivity index (χ0v) is 16.8. The predicted molar refractivity (Wildman–Crippen MR) is 107 cm³/mol. The molecule has 0 aliphatic heterocycles. The van der Waals surface area contributed by atoms with E-state index in [0.717, 1.165) is 12.0 Å². The second-order valence-corrected chi connectivity index (χ2v) is 6.76. The second kappa shape index (κ2) is 9.32. The van der Waals surface area contributed by atoms with E-state index < -0.39 is 5.82 Å². The summed E-state index contributed by atoms with van der Waals surface area (Å²) in [5.74, 6) is 0.956. The van der Waals surface area contributed by atoms with Crippen LogP contribution in [0.2, 0.25) is 0 Å². The molecule has 0 bridgehead atoms. The van der Waals surface area contributed by atoms with Crippen LogP contribution in [0.15, 0.2) is 53.1 Å². The minimum absolute atomic E-state index is 0.00783. The molecule has 3 rings (SSSR count). The monoisotopic (exact) mass is 397 g/mol. The van der Waals surface area contributed by atoms with E-state index in [-0.39, 0.29) is 11.9 Å². The number of hydrogen-bond acceptors (Lipinski definition) is 5. The maximum atomic E-state index is 13.5. The molecule has 29 heavy (non-hydrogen) atoms. The molecule has 2 aromatic carbocycles. The molecule has 0 radical (unpaired) electrons. The largest absolute Gasteiger partial charge is 0.497 e. The zero-order valence-electron chi connectivity index (χ0n) is 16.8. The summed E-state index contributed by atoms with van der Waals surface area (Å²) in [7, 11) is 1.60. The molecule has 6 nitrogen and oxygen atoms in total. The molecule has 0 fully saturated rings. The quantitative estimate of drug-likeness (QED) is 0.565. The predicted octanol–water partition coefficient (Wildman–Crippen LogP) is 4.37. The lowest BCUT2D eigenvalue weighted by Gasteiger charge is -2.28. The summed E-state index contributed by atoms with van der Waals surface area (Å²) in [6, 6.07) is 13.1. The second-order valence-electron chi connectivity index (χ2n) is 6.76. The summed E-state index contributed by atoms with van der Waals surface area (Å²) >= 11 is 0. The summed E-state index contributed by atoms with van der Waals surface area (Å²) in [6.07, 6.45) is 1.18. The Balaban J connectivity index is 1.73. The molecule has 0 spiro atoms. The lowest BCUT2D eigenvalue weighted by Crippen LogP contribution is -2.39. The van der Waals surface area contributed by atoms with Gasteiger partial charge in [-0.25, -0.2) is 4.39 Å². The molecule has 1 aromatic heterocycles. The first-order valence-corrected chi connectivity index (χ1v) is 9.55. The standard InChI is InChI=1S/C22H24FN3O3/c1-4-15(2)26(22(27)17-8-5-9-18(23)13-17)12-11-20-24-21(25-29-20)16-7-6-10-19(14-16)28-3/h5-10,13-15H,4,11-12H2,1-3H3. The number of hydrogen-bond donors (Lipinski definition) is 0. The summed E-state index contributed by atoms with van der Waals surface area (Å²) in [5, 5.41) is 4.02. The highest BCUT2D eigenvalue weighted by Gasteiger charge is 2.22. The van der Waals surface area contributed by atoms with Gasteiger partial charge in [0.05, 0.1) is 7.11 Å². The van der Waals surface area contributed by atoms with Crippen molar-refractivity contribution < 1.29 is 18.4 Å². The Morgan fingerprint density at radius 2 is 2.03 bits per heavy atom. The summed E-state index contributed by atoms with van der Waals surface area (Å²) < 4.78 is 24.1. The number of carbonyl (C=O) groups excluding carboxylic acids is 1. The number of nitrogens with zero attached hydrogens (tertiary/aromatic N) is 3. The van der Waals surface area contributed by atoms with Crippen LogP contribution in [0.3, 0.4) is 0 Å². The Labute approximate surface area is 169 Å². The van der Waals surface area contributed by atoms with Crippen LogP contribution in [0.25, 0.3) is 11.4 Å². The van der Waals surface area contributed by atoms with Crippen LogP contribution in [-0.2, 0) is 6.42 Å². The van der Waals surface area contributed by atoms with Crippen LogP contribution in [0.1, 0.15) is 36.5 Å². The highest BCUT2D eigenvalue weighted by molar-refractivity contribution is 5.94. The summed E-state index contributed by atoms with van der Waals surface area (Å²) in [5.41, 5.74) is 1.11. The Kier molecular flexibility index (Phi) is 6.59. The summed E-state index contributed by atoms with van der Waals surface area (Å²) in [6.45, 7) is 4.36. The van der Waals surface area contributed by atoms with Gasteiger partial charge < -0.3 is 14.2 Å². The molecule has 0 N–H and O–H groups in total. The van der Waals surface area contributed by atoms with E-state index in [0.29, 0.717) is 36.0 Å². The summed E-state index contributed by atoms with van der Waals surface area (Å²) in [4.78, 5) is 19.0. The smallest absolute Gasteiger partial charge is 0.254 e. The van der Waals surface area contributed by atoms with Crippen LogP contribution in [-0.4, -0.2) is 40.6 Å². The van der Waals surface area contributed by atoms with Gasteiger partial charge in [0.15, 0.2) is 0 Å². The average Bonchev–Trinajstić information content (AvgIpc) is 3.22. The molecule has 0 aliphatic carbocycles. The van der Waals surface area contributed by atoms with Crippen molar-refractivity contribution in [1.29, 1.82) is 0 Å². The fourth-order valence-corrected chi connectivity index (χ4v) is 2.98. The third kappa shape index (κ3) is 4.99. The Morgan fingerprint density at radius 3 is 2.76 bits per heavy atom. The van der Waals surface area contributed by atoms with Gasteiger partial charge in [0.1, 0.15) is 11.6 Å². The van der Waals surface area contributed by atoms with Gasteiger partial charge in [0, 0.05) is 30.1 Å². The molecule has 152 valence electrons. The van der Waals surface area contributed by atoms with Gasteiger partial charge in [-0.2, -0.15) is 4.98 Å². The van der Waals surface area contributed by atoms with Crippen molar-refractivity contribution in [3.63, 3.8) is 0 Å². The first-order chi connectivity index (χ1) is 14.0. The Morgan fingerprint density at radius 1 is 1.24 bits per heavy atom. The normalized spacial score (nSPS) is 11.9. The van der Waals surface area contributed by atoms with Crippen LogP contribution in [0.5, 0.6) is 5.75 Å². The van der Waals surface area contributed by atoms with E-state index in [1.807, 2.05) is 38.1 Å². The van der Waals surface area contributed by atoms with Crippen molar-refractivity contribution >= 4 is 5.91 Å². The maximum absolute atomic E-state index is 13.5. The molecular formula is C22H24FN3O3. The van der Waals surface area contributed by atoms with Gasteiger partial charge in [0.25, 0.3) is 5.91 Å². The van der Waals surface area contributed by atoms with Crippen LogP contribution < -0.4 is 4.74 Å². The Bertz CT molecular complexity index is 973. The van der Waals surface area contributed by atoms with Gasteiger partial charge >= 0.3 is 0 Å². The lowest BCUT2D eigenvalue weighted by atomic mass is 10.1. The van der Waals surface area contributed by atoms with E-state index >= 15 is 0 Å². The van der Waals surface area contributed by atoms with Crippen molar-refractivity contribution in [2.45, 2.75) is 32.7 Å². The van der Waals surface area contributed by atoms with Crippen LogP contribution in [0, 0.1) is 5.82 Å². The van der Waals surface area contributed by atoms with E-state index in [1.54, 1.807) is 18.1 Å². The number of rotatable bonds is 8. The van der Waals surface area contributed by atoms with Gasteiger partial charge in [-0.3, -0.25) is 4.79 Å². The number of amides is 1. The van der Waals surface area contributed by atoms with Crippen LogP contribution in [0.4, 0.5) is 4.39 Å². The SMILES string of the molecule is CCC(C)N(CCc1nc(-c2cccc(OC)c2)no1)C(=O)c1cccc(F)c1. The van der Waals surface area contributed by atoms with Crippen molar-refractivity contribution in [2.24, 2.45) is 0 Å². The van der Waals surface area contributed by atoms with Crippen LogP contribution >= 0.6 is 0 Å². The first kappa shape index (κ1) is 20.5. The first-order valence-electron chi connectivity index (χ1n) is 9.55. The van der Waals surface area contributed by atoms with E-state index in [1.165, 1.54) is 18.2 Å². The number of ether oxygens (including phenoxy) is 1. The van der Waals surface area contributed by atoms with Gasteiger partial charge in [0.2, 0.25) is 11.7 Å². The molecule has 0 aliphatic rings. The highest BCUT2D eigenvalue weighted by Crippen LogP contribution is 2.21. The van der Waals surface area contributed by atoms with Gasteiger partial charge in [-0.05, 0) is 43.7 Å². The van der Waals surface area contributed by atoms with E-state index in [4.69, 9.17) is 9.26 Å². The molecule has 0 saturated carbocycles. The maximum Gasteiger partial charge on any atom is 0.254 e. The fraction of sp³-hybridized carbons (Fsp3) is 0.318. The molecule has 7 heteroatoms.